The molecule has 1 atom stereocenters. The highest BCUT2D eigenvalue weighted by atomic mass is 16.1. The first-order valence-corrected chi connectivity index (χ1v) is 9.11. The number of piperidine rings is 1. The number of hydrogen-bond acceptors (Lipinski definition) is 5. The van der Waals surface area contributed by atoms with Crippen LogP contribution in [-0.4, -0.2) is 37.9 Å². The fraction of sp³-hybridized carbons (Fsp3) is 0.400. The molecule has 0 bridgehead atoms. The summed E-state index contributed by atoms with van der Waals surface area (Å²) in [5, 5.41) is 0. The molecule has 0 saturated carbocycles. The Hall–Kier alpha value is -2.60. The van der Waals surface area contributed by atoms with Crippen molar-refractivity contribution in [3.8, 4) is 0 Å². The monoisotopic (exact) mass is 349 g/mol. The lowest BCUT2D eigenvalue weighted by molar-refractivity contribution is 0.196. The molecule has 0 radical (unpaired) electrons. The van der Waals surface area contributed by atoms with Crippen molar-refractivity contribution in [2.24, 2.45) is 0 Å². The summed E-state index contributed by atoms with van der Waals surface area (Å²) in [4.78, 5) is 31.0. The molecule has 4 rings (SSSR count). The number of nitrogens with zero attached hydrogens (tertiary/aromatic N) is 4. The number of aromatic amines is 1. The van der Waals surface area contributed by atoms with Gasteiger partial charge in [0.05, 0.1) is 28.1 Å². The number of hydrogen-bond donors (Lipinski definition) is 1. The summed E-state index contributed by atoms with van der Waals surface area (Å²) >= 11 is 0. The third-order valence-corrected chi connectivity index (χ3v) is 5.02. The highest BCUT2D eigenvalue weighted by Gasteiger charge is 2.24. The van der Waals surface area contributed by atoms with Gasteiger partial charge in [0.15, 0.2) is 0 Å². The molecule has 0 aliphatic carbocycles. The van der Waals surface area contributed by atoms with E-state index < -0.39 is 0 Å². The first kappa shape index (κ1) is 16.8. The molecule has 1 aliphatic heterocycles. The second-order valence-electron chi connectivity index (χ2n) is 7.07. The van der Waals surface area contributed by atoms with Crippen LogP contribution in [0.25, 0.3) is 11.0 Å². The third kappa shape index (κ3) is 3.51. The van der Waals surface area contributed by atoms with Crippen LogP contribution in [0.15, 0.2) is 35.1 Å². The standard InChI is InChI=1S/C20H23N5O/c1-13-19(24-17-8-4-3-7-16(17)21-13)12-25-9-5-6-15(11-25)18-10-20(26)23-14(2)22-18/h3-4,7-8,10,15H,5-6,9,11-12H2,1-2H3,(H,22,23,26)/t15-/m0/s1. The Kier molecular flexibility index (Phi) is 4.51. The lowest BCUT2D eigenvalue weighted by atomic mass is 9.94. The molecule has 1 N–H and O–H groups in total. The van der Waals surface area contributed by atoms with Crippen molar-refractivity contribution < 1.29 is 0 Å². The van der Waals surface area contributed by atoms with E-state index in [1.807, 2.05) is 38.1 Å². The topological polar surface area (TPSA) is 74.8 Å². The van der Waals surface area contributed by atoms with Gasteiger partial charge in [0.2, 0.25) is 0 Å². The van der Waals surface area contributed by atoms with Crippen LogP contribution in [0.1, 0.15) is 41.7 Å². The van der Waals surface area contributed by atoms with E-state index in [9.17, 15) is 4.79 Å². The molecule has 3 heterocycles. The highest BCUT2D eigenvalue weighted by Crippen LogP contribution is 2.26. The summed E-state index contributed by atoms with van der Waals surface area (Å²) in [5.41, 5.74) is 4.72. The predicted molar refractivity (Wildman–Crippen MR) is 101 cm³/mol. The highest BCUT2D eigenvalue weighted by molar-refractivity contribution is 5.74. The summed E-state index contributed by atoms with van der Waals surface area (Å²) in [6.45, 7) is 6.57. The molecule has 26 heavy (non-hydrogen) atoms. The fourth-order valence-corrected chi connectivity index (χ4v) is 3.74. The van der Waals surface area contributed by atoms with E-state index in [1.165, 1.54) is 0 Å². The van der Waals surface area contributed by atoms with Gasteiger partial charge in [-0.3, -0.25) is 9.69 Å². The van der Waals surface area contributed by atoms with Crippen LogP contribution in [0, 0.1) is 13.8 Å². The Morgan fingerprint density at radius 2 is 1.92 bits per heavy atom. The Balaban J connectivity index is 1.55. The van der Waals surface area contributed by atoms with Crippen LogP contribution in [0.3, 0.4) is 0 Å². The van der Waals surface area contributed by atoms with Gasteiger partial charge in [0, 0.05) is 25.1 Å². The Morgan fingerprint density at radius 1 is 1.15 bits per heavy atom. The predicted octanol–water partition coefficient (Wildman–Crippen LogP) is 2.71. The molecule has 0 spiro atoms. The molecular formula is C20H23N5O. The molecule has 6 heteroatoms. The lowest BCUT2D eigenvalue weighted by Gasteiger charge is -2.32. The third-order valence-electron chi connectivity index (χ3n) is 5.02. The zero-order valence-corrected chi connectivity index (χ0v) is 15.2. The van der Waals surface area contributed by atoms with E-state index >= 15 is 0 Å². The van der Waals surface area contributed by atoms with Gasteiger partial charge >= 0.3 is 0 Å². The van der Waals surface area contributed by atoms with E-state index in [1.54, 1.807) is 6.07 Å². The molecule has 1 fully saturated rings. The molecule has 1 aliphatic rings. The van der Waals surface area contributed by atoms with Crippen LogP contribution in [0.2, 0.25) is 0 Å². The maximum absolute atomic E-state index is 11.8. The van der Waals surface area contributed by atoms with Crippen molar-refractivity contribution in [1.29, 1.82) is 0 Å². The van der Waals surface area contributed by atoms with Crippen LogP contribution >= 0.6 is 0 Å². The van der Waals surface area contributed by atoms with E-state index in [0.29, 0.717) is 11.7 Å². The van der Waals surface area contributed by atoms with Gasteiger partial charge in [-0.1, -0.05) is 12.1 Å². The Labute approximate surface area is 152 Å². The van der Waals surface area contributed by atoms with Crippen LogP contribution in [0.5, 0.6) is 0 Å². The molecule has 134 valence electrons. The number of para-hydroxylation sites is 2. The van der Waals surface area contributed by atoms with Gasteiger partial charge in [-0.2, -0.15) is 0 Å². The SMILES string of the molecule is Cc1nc([C@H]2CCCN(Cc3nc4ccccc4nc3C)C2)cc(=O)[nH]1. The largest absolute Gasteiger partial charge is 0.311 e. The molecule has 0 amide bonds. The van der Waals surface area contributed by atoms with Crippen molar-refractivity contribution >= 4 is 11.0 Å². The maximum atomic E-state index is 11.8. The number of fused-ring (bicyclic) bond motifs is 1. The molecule has 3 aromatic rings. The molecule has 1 saturated heterocycles. The van der Waals surface area contributed by atoms with E-state index in [-0.39, 0.29) is 5.56 Å². The molecule has 1 aromatic carbocycles. The van der Waals surface area contributed by atoms with Gasteiger partial charge in [0.1, 0.15) is 5.82 Å². The molecule has 0 unspecified atom stereocenters. The zero-order chi connectivity index (χ0) is 18.1. The average Bonchev–Trinajstić information content (AvgIpc) is 2.62. The summed E-state index contributed by atoms with van der Waals surface area (Å²) < 4.78 is 0. The lowest BCUT2D eigenvalue weighted by Crippen LogP contribution is -2.35. The quantitative estimate of drug-likeness (QED) is 0.787. The van der Waals surface area contributed by atoms with Gasteiger partial charge in [-0.25, -0.2) is 15.0 Å². The minimum atomic E-state index is -0.0686. The number of aryl methyl sites for hydroxylation is 2. The van der Waals surface area contributed by atoms with Gasteiger partial charge in [-0.15, -0.1) is 0 Å². The summed E-state index contributed by atoms with van der Waals surface area (Å²) in [6, 6.07) is 9.63. The van der Waals surface area contributed by atoms with E-state index in [0.717, 1.165) is 60.6 Å². The first-order chi connectivity index (χ1) is 12.6. The van der Waals surface area contributed by atoms with Crippen LogP contribution in [-0.2, 0) is 6.54 Å². The van der Waals surface area contributed by atoms with Crippen LogP contribution in [0.4, 0.5) is 0 Å². The van der Waals surface area contributed by atoms with Gasteiger partial charge < -0.3 is 4.98 Å². The van der Waals surface area contributed by atoms with E-state index in [2.05, 4.69) is 14.9 Å². The molecular weight excluding hydrogens is 326 g/mol. The van der Waals surface area contributed by atoms with Crippen molar-refractivity contribution in [2.75, 3.05) is 13.1 Å². The molecule has 2 aromatic heterocycles. The summed E-state index contributed by atoms with van der Waals surface area (Å²) in [6.07, 6.45) is 2.16. The minimum absolute atomic E-state index is 0.0686. The minimum Gasteiger partial charge on any atom is -0.311 e. The smallest absolute Gasteiger partial charge is 0.251 e. The number of likely N-dealkylation sites (tertiary alicyclic amines) is 1. The molecule has 6 nitrogen and oxygen atoms in total. The van der Waals surface area contributed by atoms with E-state index in [4.69, 9.17) is 9.97 Å². The van der Waals surface area contributed by atoms with Crippen molar-refractivity contribution in [2.45, 2.75) is 39.2 Å². The number of aromatic nitrogens is 4. The Bertz CT molecular complexity index is 997. The van der Waals surface area contributed by atoms with Gasteiger partial charge in [0.25, 0.3) is 5.56 Å². The average molecular weight is 349 g/mol. The second kappa shape index (κ2) is 6.96. The van der Waals surface area contributed by atoms with Gasteiger partial charge in [-0.05, 0) is 45.4 Å². The second-order valence-corrected chi connectivity index (χ2v) is 7.07. The normalized spacial score (nSPS) is 18.3. The fourth-order valence-electron chi connectivity index (χ4n) is 3.74. The van der Waals surface area contributed by atoms with Crippen molar-refractivity contribution in [3.63, 3.8) is 0 Å². The van der Waals surface area contributed by atoms with Crippen molar-refractivity contribution in [3.05, 3.63) is 63.6 Å². The zero-order valence-electron chi connectivity index (χ0n) is 15.2. The first-order valence-electron chi connectivity index (χ1n) is 9.11. The van der Waals surface area contributed by atoms with Crippen LogP contribution < -0.4 is 5.56 Å². The number of nitrogens with one attached hydrogen (secondary N) is 1. The summed E-state index contributed by atoms with van der Waals surface area (Å²) in [5.74, 6) is 0.972. The Morgan fingerprint density at radius 3 is 2.69 bits per heavy atom. The van der Waals surface area contributed by atoms with Crippen molar-refractivity contribution in [1.82, 2.24) is 24.8 Å². The number of H-pyrrole nitrogens is 1. The maximum Gasteiger partial charge on any atom is 0.251 e. The number of rotatable bonds is 3. The number of benzene rings is 1. The summed E-state index contributed by atoms with van der Waals surface area (Å²) in [7, 11) is 0.